The van der Waals surface area contributed by atoms with Crippen molar-refractivity contribution in [2.45, 2.75) is 31.7 Å². The summed E-state index contributed by atoms with van der Waals surface area (Å²) in [5.41, 5.74) is 0.152. The summed E-state index contributed by atoms with van der Waals surface area (Å²) in [5.74, 6) is -0.630. The Morgan fingerprint density at radius 2 is 1.94 bits per heavy atom. The number of nitrogens with one attached hydrogen (secondary N) is 1. The van der Waals surface area contributed by atoms with Crippen LogP contribution in [0.25, 0.3) is 17.4 Å². The average molecular weight is 425 g/mol. The van der Waals surface area contributed by atoms with Crippen molar-refractivity contribution in [2.24, 2.45) is 0 Å². The number of amides is 4. The van der Waals surface area contributed by atoms with Crippen LogP contribution in [0, 0.1) is 10.1 Å². The SMILES string of the molecule is COc1cc([N+](=O)[O-])ccc1-c1ccc(/C=C2\C(=O)NC(=O)N(C3CCCC3)C2=O)o1. The lowest BCUT2D eigenvalue weighted by Gasteiger charge is -2.30. The van der Waals surface area contributed by atoms with Gasteiger partial charge in [-0.2, -0.15) is 0 Å². The summed E-state index contributed by atoms with van der Waals surface area (Å²) in [5, 5.41) is 13.2. The fourth-order valence-corrected chi connectivity index (χ4v) is 3.88. The largest absolute Gasteiger partial charge is 0.496 e. The third-order valence-corrected chi connectivity index (χ3v) is 5.40. The minimum absolute atomic E-state index is 0.129. The Bertz CT molecular complexity index is 1110. The van der Waals surface area contributed by atoms with Gasteiger partial charge in [0.05, 0.1) is 23.7 Å². The zero-order chi connectivity index (χ0) is 22.1. The van der Waals surface area contributed by atoms with Crippen LogP contribution in [-0.4, -0.2) is 40.8 Å². The van der Waals surface area contributed by atoms with Crippen molar-refractivity contribution in [3.05, 3.63) is 51.8 Å². The summed E-state index contributed by atoms with van der Waals surface area (Å²) < 4.78 is 11.0. The van der Waals surface area contributed by atoms with Crippen LogP contribution in [0.4, 0.5) is 10.5 Å². The fraction of sp³-hybridized carbons (Fsp3) is 0.286. The van der Waals surface area contributed by atoms with Gasteiger partial charge in [-0.25, -0.2) is 4.79 Å². The van der Waals surface area contributed by atoms with Gasteiger partial charge in [0, 0.05) is 12.1 Å². The Labute approximate surface area is 176 Å². The second-order valence-electron chi connectivity index (χ2n) is 7.27. The molecule has 0 unspecified atom stereocenters. The quantitative estimate of drug-likeness (QED) is 0.336. The molecule has 1 aromatic carbocycles. The predicted octanol–water partition coefficient (Wildman–Crippen LogP) is 3.27. The number of barbiturate groups is 1. The number of hydrogen-bond donors (Lipinski definition) is 1. The molecule has 1 saturated heterocycles. The number of non-ortho nitro benzene ring substituents is 1. The summed E-state index contributed by atoms with van der Waals surface area (Å²) in [6.45, 7) is 0. The number of carbonyl (C=O) groups excluding carboxylic acids is 3. The lowest BCUT2D eigenvalue weighted by molar-refractivity contribution is -0.384. The molecule has 2 heterocycles. The molecule has 1 N–H and O–H groups in total. The molecule has 0 radical (unpaired) electrons. The molecule has 2 aromatic rings. The fourth-order valence-electron chi connectivity index (χ4n) is 3.88. The van der Waals surface area contributed by atoms with Crippen LogP contribution in [0.5, 0.6) is 5.75 Å². The van der Waals surface area contributed by atoms with Gasteiger partial charge in [-0.15, -0.1) is 0 Å². The average Bonchev–Trinajstić information content (AvgIpc) is 3.43. The zero-order valence-electron chi connectivity index (χ0n) is 16.6. The summed E-state index contributed by atoms with van der Waals surface area (Å²) in [6.07, 6.45) is 4.56. The standard InChI is InChI=1S/C21H19N3O7/c1-30-18-10-13(24(28)29)6-8-15(18)17-9-7-14(31-17)11-16-19(25)22-21(27)23(20(16)26)12-4-2-3-5-12/h6-12H,2-5H2,1H3,(H,22,25,27)/b16-11+. The van der Waals surface area contributed by atoms with Gasteiger partial charge < -0.3 is 9.15 Å². The number of carbonyl (C=O) groups is 3. The summed E-state index contributed by atoms with van der Waals surface area (Å²) in [6, 6.07) is 6.32. The van der Waals surface area contributed by atoms with E-state index in [1.54, 1.807) is 12.1 Å². The van der Waals surface area contributed by atoms with Crippen molar-refractivity contribution in [3.8, 4) is 17.1 Å². The van der Waals surface area contributed by atoms with Gasteiger partial charge in [0.2, 0.25) is 0 Å². The molecule has 1 aromatic heterocycles. The molecule has 10 heteroatoms. The number of methoxy groups -OCH3 is 1. The molecular weight excluding hydrogens is 406 g/mol. The molecule has 1 aliphatic carbocycles. The highest BCUT2D eigenvalue weighted by atomic mass is 16.6. The van der Waals surface area contributed by atoms with E-state index >= 15 is 0 Å². The first-order valence-corrected chi connectivity index (χ1v) is 9.72. The van der Waals surface area contributed by atoms with E-state index in [0.717, 1.165) is 17.7 Å². The molecule has 2 aliphatic rings. The lowest BCUT2D eigenvalue weighted by atomic mass is 10.1. The highest BCUT2D eigenvalue weighted by Crippen LogP contribution is 2.35. The van der Waals surface area contributed by atoms with Gasteiger partial charge in [-0.3, -0.25) is 29.9 Å². The maximum Gasteiger partial charge on any atom is 0.331 e. The van der Waals surface area contributed by atoms with E-state index in [0.29, 0.717) is 24.2 Å². The summed E-state index contributed by atoms with van der Waals surface area (Å²) in [4.78, 5) is 48.9. The number of nitro benzene ring substituents is 1. The maximum atomic E-state index is 12.9. The Kier molecular flexibility index (Phi) is 5.28. The van der Waals surface area contributed by atoms with Gasteiger partial charge in [0.15, 0.2) is 0 Å². The predicted molar refractivity (Wildman–Crippen MR) is 108 cm³/mol. The van der Waals surface area contributed by atoms with Crippen LogP contribution >= 0.6 is 0 Å². The number of rotatable bonds is 5. The lowest BCUT2D eigenvalue weighted by Crippen LogP contribution is -2.57. The molecule has 1 aliphatic heterocycles. The first kappa shape index (κ1) is 20.3. The van der Waals surface area contributed by atoms with Gasteiger partial charge in [0.25, 0.3) is 17.5 Å². The normalized spacial score (nSPS) is 18.5. The maximum absolute atomic E-state index is 12.9. The van der Waals surface area contributed by atoms with Gasteiger partial charge in [-0.1, -0.05) is 12.8 Å². The van der Waals surface area contributed by atoms with Gasteiger partial charge in [0.1, 0.15) is 22.8 Å². The van der Waals surface area contributed by atoms with Crippen LogP contribution in [0.15, 0.2) is 40.3 Å². The third-order valence-electron chi connectivity index (χ3n) is 5.40. The summed E-state index contributed by atoms with van der Waals surface area (Å²) >= 11 is 0. The molecular formula is C21H19N3O7. The van der Waals surface area contributed by atoms with E-state index in [2.05, 4.69) is 5.32 Å². The number of benzene rings is 1. The Balaban J connectivity index is 1.64. The molecule has 4 amide bonds. The van der Waals surface area contributed by atoms with E-state index in [-0.39, 0.29) is 28.8 Å². The van der Waals surface area contributed by atoms with Crippen molar-refractivity contribution in [1.29, 1.82) is 0 Å². The van der Waals surface area contributed by atoms with Crippen molar-refractivity contribution in [2.75, 3.05) is 7.11 Å². The molecule has 2 fully saturated rings. The van der Waals surface area contributed by atoms with Crippen LogP contribution in [0.2, 0.25) is 0 Å². The molecule has 10 nitrogen and oxygen atoms in total. The number of hydrogen-bond acceptors (Lipinski definition) is 7. The molecule has 0 spiro atoms. The van der Waals surface area contributed by atoms with Crippen LogP contribution in [0.3, 0.4) is 0 Å². The Morgan fingerprint density at radius 3 is 2.61 bits per heavy atom. The number of urea groups is 1. The Hall–Kier alpha value is -3.95. The third kappa shape index (κ3) is 3.79. The first-order chi connectivity index (χ1) is 14.9. The molecule has 0 atom stereocenters. The minimum atomic E-state index is -0.782. The topological polar surface area (TPSA) is 132 Å². The highest BCUT2D eigenvalue weighted by molar-refractivity contribution is 6.31. The van der Waals surface area contributed by atoms with Crippen molar-refractivity contribution in [3.63, 3.8) is 0 Å². The molecule has 0 bridgehead atoms. The second kappa shape index (κ2) is 8.05. The first-order valence-electron chi connectivity index (χ1n) is 9.72. The minimum Gasteiger partial charge on any atom is -0.496 e. The number of nitro groups is 1. The molecule has 160 valence electrons. The molecule has 4 rings (SSSR count). The molecule has 31 heavy (non-hydrogen) atoms. The molecule has 1 saturated carbocycles. The van der Waals surface area contributed by atoms with E-state index in [1.165, 1.54) is 31.4 Å². The van der Waals surface area contributed by atoms with Crippen molar-refractivity contribution >= 4 is 29.6 Å². The van der Waals surface area contributed by atoms with Crippen molar-refractivity contribution in [1.82, 2.24) is 10.2 Å². The number of furan rings is 1. The number of imide groups is 2. The van der Waals surface area contributed by atoms with Crippen LogP contribution < -0.4 is 10.1 Å². The highest BCUT2D eigenvalue weighted by Gasteiger charge is 2.40. The second-order valence-corrected chi connectivity index (χ2v) is 7.27. The van der Waals surface area contributed by atoms with Crippen LogP contribution in [-0.2, 0) is 9.59 Å². The van der Waals surface area contributed by atoms with E-state index in [1.807, 2.05) is 0 Å². The number of nitrogens with zero attached hydrogens (tertiary/aromatic N) is 2. The smallest absolute Gasteiger partial charge is 0.331 e. The Morgan fingerprint density at radius 1 is 1.19 bits per heavy atom. The van der Waals surface area contributed by atoms with E-state index < -0.39 is 22.8 Å². The number of ether oxygens (including phenoxy) is 1. The van der Waals surface area contributed by atoms with Gasteiger partial charge in [-0.05, 0) is 37.1 Å². The van der Waals surface area contributed by atoms with E-state index in [4.69, 9.17) is 9.15 Å². The zero-order valence-corrected chi connectivity index (χ0v) is 16.6. The van der Waals surface area contributed by atoms with Crippen molar-refractivity contribution < 1.29 is 28.5 Å². The monoisotopic (exact) mass is 425 g/mol. The summed E-state index contributed by atoms with van der Waals surface area (Å²) in [7, 11) is 1.38. The van der Waals surface area contributed by atoms with Crippen LogP contribution in [0.1, 0.15) is 31.4 Å². The van der Waals surface area contributed by atoms with E-state index in [9.17, 15) is 24.5 Å². The van der Waals surface area contributed by atoms with Gasteiger partial charge >= 0.3 is 6.03 Å².